The second-order valence-corrected chi connectivity index (χ2v) is 6.10. The molecule has 2 unspecified atom stereocenters. The van der Waals surface area contributed by atoms with Gasteiger partial charge in [-0.1, -0.05) is 6.92 Å². The Kier molecular flexibility index (Phi) is 5.55. The number of aliphatic hydroxyl groups is 1. The van der Waals surface area contributed by atoms with Gasteiger partial charge in [0.05, 0.1) is 6.10 Å². The second-order valence-electron chi connectivity index (χ2n) is 6.10. The van der Waals surface area contributed by atoms with Crippen molar-refractivity contribution in [3.8, 4) is 0 Å². The molecular formula is C17H24N2O3. The molecule has 0 aromatic heterocycles. The number of hydrogen-bond acceptors (Lipinski definition) is 3. The molecule has 1 saturated heterocycles. The Bertz CT molecular complexity index is 525. The maximum atomic E-state index is 12.1. The standard InChI is InChI=1S/C17H24N2O3/c1-12(10-13(2)20)11-18-17(22)14-5-7-15(8-6-14)19-9-3-4-16(19)21/h5-8,12-13,20H,3-4,9-11H2,1-2H3,(H,18,22). The highest BCUT2D eigenvalue weighted by Crippen LogP contribution is 2.21. The minimum atomic E-state index is -0.357. The Balaban J connectivity index is 1.89. The van der Waals surface area contributed by atoms with E-state index >= 15 is 0 Å². The monoisotopic (exact) mass is 304 g/mol. The molecule has 1 aromatic rings. The quantitative estimate of drug-likeness (QED) is 0.844. The third-order valence-corrected chi connectivity index (χ3v) is 3.87. The summed E-state index contributed by atoms with van der Waals surface area (Å²) in [6, 6.07) is 7.12. The van der Waals surface area contributed by atoms with Gasteiger partial charge in [0, 0.05) is 30.8 Å². The van der Waals surface area contributed by atoms with Crippen LogP contribution in [0, 0.1) is 5.92 Å². The van der Waals surface area contributed by atoms with Gasteiger partial charge in [-0.2, -0.15) is 0 Å². The first-order chi connectivity index (χ1) is 10.5. The molecule has 1 aliphatic heterocycles. The number of anilines is 1. The zero-order valence-electron chi connectivity index (χ0n) is 13.2. The lowest BCUT2D eigenvalue weighted by Crippen LogP contribution is -2.29. The van der Waals surface area contributed by atoms with Crippen LogP contribution in [0.3, 0.4) is 0 Å². The van der Waals surface area contributed by atoms with E-state index in [1.54, 1.807) is 24.0 Å². The van der Waals surface area contributed by atoms with Crippen molar-refractivity contribution < 1.29 is 14.7 Å². The van der Waals surface area contributed by atoms with E-state index in [0.29, 0.717) is 24.9 Å². The third-order valence-electron chi connectivity index (χ3n) is 3.87. The van der Waals surface area contributed by atoms with Gasteiger partial charge >= 0.3 is 0 Å². The van der Waals surface area contributed by atoms with Gasteiger partial charge in [-0.25, -0.2) is 0 Å². The lowest BCUT2D eigenvalue weighted by atomic mass is 10.0. The lowest BCUT2D eigenvalue weighted by Gasteiger charge is -2.16. The topological polar surface area (TPSA) is 69.6 Å². The molecule has 2 N–H and O–H groups in total. The predicted molar refractivity (Wildman–Crippen MR) is 85.8 cm³/mol. The Morgan fingerprint density at radius 1 is 1.32 bits per heavy atom. The molecule has 2 atom stereocenters. The summed E-state index contributed by atoms with van der Waals surface area (Å²) in [5.74, 6) is 0.242. The Hall–Kier alpha value is -1.88. The molecule has 22 heavy (non-hydrogen) atoms. The van der Waals surface area contributed by atoms with Crippen LogP contribution >= 0.6 is 0 Å². The zero-order chi connectivity index (χ0) is 16.1. The number of benzene rings is 1. The van der Waals surface area contributed by atoms with Crippen molar-refractivity contribution in [1.29, 1.82) is 0 Å². The molecule has 1 aliphatic rings. The number of amides is 2. The van der Waals surface area contributed by atoms with Crippen molar-refractivity contribution >= 4 is 17.5 Å². The Morgan fingerprint density at radius 2 is 2.00 bits per heavy atom. The number of rotatable bonds is 6. The van der Waals surface area contributed by atoms with E-state index in [4.69, 9.17) is 0 Å². The largest absolute Gasteiger partial charge is 0.393 e. The van der Waals surface area contributed by atoms with Crippen LogP contribution in [-0.2, 0) is 4.79 Å². The minimum Gasteiger partial charge on any atom is -0.393 e. The highest BCUT2D eigenvalue weighted by atomic mass is 16.3. The summed E-state index contributed by atoms with van der Waals surface area (Å²) >= 11 is 0. The number of aliphatic hydroxyl groups excluding tert-OH is 1. The van der Waals surface area contributed by atoms with Crippen molar-refractivity contribution in [2.45, 2.75) is 39.2 Å². The second kappa shape index (κ2) is 7.40. The molecule has 120 valence electrons. The molecule has 5 heteroatoms. The van der Waals surface area contributed by atoms with E-state index in [-0.39, 0.29) is 23.8 Å². The summed E-state index contributed by atoms with van der Waals surface area (Å²) in [4.78, 5) is 25.5. The van der Waals surface area contributed by atoms with Crippen LogP contribution in [0.5, 0.6) is 0 Å². The van der Waals surface area contributed by atoms with Gasteiger partial charge in [0.15, 0.2) is 0 Å². The summed E-state index contributed by atoms with van der Waals surface area (Å²) in [6.45, 7) is 5.03. The van der Waals surface area contributed by atoms with Crippen molar-refractivity contribution in [3.05, 3.63) is 29.8 Å². The predicted octanol–water partition coefficient (Wildman–Crippen LogP) is 1.95. The lowest BCUT2D eigenvalue weighted by molar-refractivity contribution is -0.117. The fourth-order valence-corrected chi connectivity index (χ4v) is 2.75. The average molecular weight is 304 g/mol. The van der Waals surface area contributed by atoms with Crippen molar-refractivity contribution in [3.63, 3.8) is 0 Å². The molecular weight excluding hydrogens is 280 g/mol. The average Bonchev–Trinajstić information content (AvgIpc) is 2.90. The van der Waals surface area contributed by atoms with Crippen LogP contribution in [-0.4, -0.2) is 36.1 Å². The van der Waals surface area contributed by atoms with E-state index in [1.807, 2.05) is 19.1 Å². The van der Waals surface area contributed by atoms with Crippen LogP contribution in [0.2, 0.25) is 0 Å². The van der Waals surface area contributed by atoms with E-state index < -0.39 is 0 Å². The van der Waals surface area contributed by atoms with Gasteiger partial charge in [-0.05, 0) is 49.9 Å². The van der Waals surface area contributed by atoms with Crippen LogP contribution in [0.4, 0.5) is 5.69 Å². The van der Waals surface area contributed by atoms with Gasteiger partial charge in [0.2, 0.25) is 5.91 Å². The van der Waals surface area contributed by atoms with Crippen LogP contribution in [0.15, 0.2) is 24.3 Å². The number of hydrogen-bond donors (Lipinski definition) is 2. The van der Waals surface area contributed by atoms with Crippen LogP contribution < -0.4 is 10.2 Å². The first-order valence-electron chi connectivity index (χ1n) is 7.84. The van der Waals surface area contributed by atoms with Gasteiger partial charge in [-0.3, -0.25) is 9.59 Å². The SMILES string of the molecule is CC(O)CC(C)CNC(=O)c1ccc(N2CCCC2=O)cc1. The van der Waals surface area contributed by atoms with E-state index in [1.165, 1.54) is 0 Å². The van der Waals surface area contributed by atoms with E-state index in [2.05, 4.69) is 5.32 Å². The maximum Gasteiger partial charge on any atom is 0.251 e. The fourth-order valence-electron chi connectivity index (χ4n) is 2.75. The molecule has 2 rings (SSSR count). The van der Waals surface area contributed by atoms with Crippen LogP contribution in [0.25, 0.3) is 0 Å². The maximum absolute atomic E-state index is 12.1. The number of nitrogens with zero attached hydrogens (tertiary/aromatic N) is 1. The third kappa shape index (κ3) is 4.31. The van der Waals surface area contributed by atoms with Crippen molar-refractivity contribution in [1.82, 2.24) is 5.32 Å². The van der Waals surface area contributed by atoms with E-state index in [9.17, 15) is 14.7 Å². The van der Waals surface area contributed by atoms with Gasteiger partial charge in [-0.15, -0.1) is 0 Å². The highest BCUT2D eigenvalue weighted by molar-refractivity contribution is 5.97. The van der Waals surface area contributed by atoms with Crippen molar-refractivity contribution in [2.24, 2.45) is 5.92 Å². The molecule has 5 nitrogen and oxygen atoms in total. The summed E-state index contributed by atoms with van der Waals surface area (Å²) < 4.78 is 0. The number of carbonyl (C=O) groups is 2. The van der Waals surface area contributed by atoms with Crippen molar-refractivity contribution in [2.75, 3.05) is 18.0 Å². The first-order valence-corrected chi connectivity index (χ1v) is 7.84. The molecule has 1 aromatic carbocycles. The number of carbonyl (C=O) groups excluding carboxylic acids is 2. The Morgan fingerprint density at radius 3 is 2.55 bits per heavy atom. The van der Waals surface area contributed by atoms with Gasteiger partial charge in [0.25, 0.3) is 5.91 Å². The van der Waals surface area contributed by atoms with Crippen LogP contribution in [0.1, 0.15) is 43.5 Å². The van der Waals surface area contributed by atoms with Gasteiger partial charge < -0.3 is 15.3 Å². The molecule has 0 spiro atoms. The Labute approximate surface area is 131 Å². The summed E-state index contributed by atoms with van der Waals surface area (Å²) in [5, 5.41) is 12.2. The molecule has 0 bridgehead atoms. The zero-order valence-corrected chi connectivity index (χ0v) is 13.2. The first kappa shape index (κ1) is 16.5. The number of nitrogens with one attached hydrogen (secondary N) is 1. The molecule has 0 aliphatic carbocycles. The highest BCUT2D eigenvalue weighted by Gasteiger charge is 2.21. The molecule has 0 radical (unpaired) electrons. The summed E-state index contributed by atoms with van der Waals surface area (Å²) in [6.07, 6.45) is 1.80. The minimum absolute atomic E-state index is 0.128. The van der Waals surface area contributed by atoms with Gasteiger partial charge in [0.1, 0.15) is 0 Å². The summed E-state index contributed by atoms with van der Waals surface area (Å²) in [7, 11) is 0. The smallest absolute Gasteiger partial charge is 0.251 e. The molecule has 1 fully saturated rings. The molecule has 2 amide bonds. The normalized spacial score (nSPS) is 17.4. The fraction of sp³-hybridized carbons (Fsp3) is 0.529. The summed E-state index contributed by atoms with van der Waals surface area (Å²) in [5.41, 5.74) is 1.43. The molecule has 1 heterocycles. The van der Waals surface area contributed by atoms with E-state index in [0.717, 1.165) is 18.7 Å². The molecule has 0 saturated carbocycles.